The molecule has 0 aromatic heterocycles. The first-order chi connectivity index (χ1) is 9.28. The van der Waals surface area contributed by atoms with Gasteiger partial charge < -0.3 is 10.6 Å². The molecule has 2 N–H and O–H groups in total. The largest absolute Gasteiger partial charge is 0.354 e. The van der Waals surface area contributed by atoms with E-state index < -0.39 is 9.84 Å². The van der Waals surface area contributed by atoms with Crippen molar-refractivity contribution in [2.24, 2.45) is 11.8 Å². The van der Waals surface area contributed by atoms with Crippen LogP contribution in [0.15, 0.2) is 0 Å². The summed E-state index contributed by atoms with van der Waals surface area (Å²) in [6.07, 6.45) is 4.51. The molecule has 1 rings (SSSR count). The Hall–Kier alpha value is -0.620. The number of piperidine rings is 1. The monoisotopic (exact) mass is 304 g/mol. The van der Waals surface area contributed by atoms with Crippen LogP contribution in [0.4, 0.5) is 0 Å². The first-order valence-corrected chi connectivity index (χ1v) is 9.52. The molecule has 5 nitrogen and oxygen atoms in total. The third-order valence-corrected chi connectivity index (χ3v) is 5.00. The van der Waals surface area contributed by atoms with Crippen LogP contribution in [0.5, 0.6) is 0 Å². The fourth-order valence-electron chi connectivity index (χ4n) is 2.67. The Kier molecular flexibility index (Phi) is 6.95. The highest BCUT2D eigenvalue weighted by Crippen LogP contribution is 2.24. The van der Waals surface area contributed by atoms with Gasteiger partial charge in [0.1, 0.15) is 9.84 Å². The third-order valence-electron chi connectivity index (χ3n) is 4.02. The Morgan fingerprint density at radius 1 is 1.30 bits per heavy atom. The first kappa shape index (κ1) is 17.4. The van der Waals surface area contributed by atoms with Crippen molar-refractivity contribution in [3.8, 4) is 0 Å². The number of rotatable bonds is 7. The van der Waals surface area contributed by atoms with E-state index in [0.717, 1.165) is 25.9 Å². The van der Waals surface area contributed by atoms with E-state index in [9.17, 15) is 13.2 Å². The van der Waals surface area contributed by atoms with E-state index in [1.807, 2.05) is 6.92 Å². The van der Waals surface area contributed by atoms with Gasteiger partial charge in [0.15, 0.2) is 0 Å². The van der Waals surface area contributed by atoms with E-state index in [2.05, 4.69) is 17.6 Å². The second-order valence-electron chi connectivity index (χ2n) is 6.16. The van der Waals surface area contributed by atoms with Gasteiger partial charge in [0.05, 0.1) is 5.75 Å². The van der Waals surface area contributed by atoms with Gasteiger partial charge in [0.25, 0.3) is 0 Å². The maximum absolute atomic E-state index is 12.0. The van der Waals surface area contributed by atoms with Gasteiger partial charge in [-0.1, -0.05) is 6.92 Å². The van der Waals surface area contributed by atoms with Crippen LogP contribution in [-0.2, 0) is 14.6 Å². The van der Waals surface area contributed by atoms with Crippen molar-refractivity contribution >= 4 is 15.7 Å². The fraction of sp³-hybridized carbons (Fsp3) is 0.929. The molecular weight excluding hydrogens is 276 g/mol. The van der Waals surface area contributed by atoms with E-state index in [4.69, 9.17) is 0 Å². The summed E-state index contributed by atoms with van der Waals surface area (Å²) in [5, 5.41) is 6.23. The average molecular weight is 304 g/mol. The lowest BCUT2D eigenvalue weighted by Gasteiger charge is -2.28. The minimum Gasteiger partial charge on any atom is -0.354 e. The van der Waals surface area contributed by atoms with Crippen LogP contribution in [0.3, 0.4) is 0 Å². The van der Waals surface area contributed by atoms with E-state index in [1.165, 1.54) is 6.26 Å². The van der Waals surface area contributed by atoms with Crippen LogP contribution in [0.25, 0.3) is 0 Å². The lowest BCUT2D eigenvalue weighted by Crippen LogP contribution is -2.37. The second kappa shape index (κ2) is 7.98. The van der Waals surface area contributed by atoms with E-state index >= 15 is 0 Å². The van der Waals surface area contributed by atoms with Crippen LogP contribution in [0, 0.1) is 11.8 Å². The van der Waals surface area contributed by atoms with Crippen LogP contribution in [0.2, 0.25) is 0 Å². The molecule has 0 spiro atoms. The molecular formula is C14H28N2O3S. The van der Waals surface area contributed by atoms with Gasteiger partial charge in [-0.2, -0.15) is 0 Å². The molecule has 1 amide bonds. The zero-order valence-electron chi connectivity index (χ0n) is 12.8. The number of carbonyl (C=O) groups excluding carboxylic acids is 1. The minimum absolute atomic E-state index is 0.0389. The van der Waals surface area contributed by atoms with Crippen molar-refractivity contribution in [2.45, 2.75) is 45.6 Å². The number of sulfone groups is 1. The number of hydrogen-bond donors (Lipinski definition) is 2. The molecule has 118 valence electrons. The fourth-order valence-corrected chi connectivity index (χ4v) is 3.45. The van der Waals surface area contributed by atoms with Crippen LogP contribution in [0.1, 0.15) is 39.5 Å². The summed E-state index contributed by atoms with van der Waals surface area (Å²) in [4.78, 5) is 12.0. The maximum atomic E-state index is 12.0. The highest BCUT2D eigenvalue weighted by molar-refractivity contribution is 7.90. The number of amides is 1. The number of nitrogens with one attached hydrogen (secondary N) is 2. The van der Waals surface area contributed by atoms with Crippen molar-refractivity contribution in [3.63, 3.8) is 0 Å². The summed E-state index contributed by atoms with van der Waals surface area (Å²) >= 11 is 0. The average Bonchev–Trinajstić information content (AvgIpc) is 2.36. The predicted molar refractivity (Wildman–Crippen MR) is 81.3 cm³/mol. The van der Waals surface area contributed by atoms with Crippen molar-refractivity contribution in [1.29, 1.82) is 0 Å². The Bertz CT molecular complexity index is 403. The predicted octanol–water partition coefficient (Wildman–Crippen LogP) is 0.952. The molecule has 1 aliphatic heterocycles. The molecule has 6 heteroatoms. The van der Waals surface area contributed by atoms with Crippen molar-refractivity contribution in [2.75, 3.05) is 25.1 Å². The Morgan fingerprint density at radius 3 is 2.45 bits per heavy atom. The minimum atomic E-state index is -2.95. The Morgan fingerprint density at radius 2 is 1.90 bits per heavy atom. The number of hydrogen-bond acceptors (Lipinski definition) is 4. The molecule has 1 heterocycles. The van der Waals surface area contributed by atoms with Crippen molar-refractivity contribution in [1.82, 2.24) is 10.6 Å². The molecule has 0 aromatic carbocycles. The van der Waals surface area contributed by atoms with Crippen LogP contribution < -0.4 is 10.6 Å². The van der Waals surface area contributed by atoms with Crippen molar-refractivity contribution in [3.05, 3.63) is 0 Å². The zero-order valence-corrected chi connectivity index (χ0v) is 13.6. The van der Waals surface area contributed by atoms with Crippen LogP contribution >= 0.6 is 0 Å². The standard InChI is InChI=1S/C14H28N2O3S/c1-11(13-4-7-15-8-5-13)10-14(17)16-12(2)6-9-20(3,18)19/h11-13,15H,4-10H2,1-3H3,(H,16,17). The molecule has 0 aliphatic carbocycles. The van der Waals surface area contributed by atoms with Gasteiger partial charge in [-0.15, -0.1) is 0 Å². The molecule has 20 heavy (non-hydrogen) atoms. The summed E-state index contributed by atoms with van der Waals surface area (Å²) in [6.45, 7) is 6.08. The molecule has 1 aliphatic rings. The quantitative estimate of drug-likeness (QED) is 0.734. The lowest BCUT2D eigenvalue weighted by atomic mass is 9.84. The van der Waals surface area contributed by atoms with Gasteiger partial charge in [0, 0.05) is 18.7 Å². The molecule has 2 unspecified atom stereocenters. The van der Waals surface area contributed by atoms with Gasteiger partial charge in [-0.05, 0) is 51.1 Å². The number of carbonyl (C=O) groups is 1. The van der Waals surface area contributed by atoms with E-state index in [0.29, 0.717) is 24.7 Å². The van der Waals surface area contributed by atoms with Gasteiger partial charge in [0.2, 0.25) is 5.91 Å². The summed E-state index contributed by atoms with van der Waals surface area (Å²) in [7, 11) is -2.95. The molecule has 0 aromatic rings. The summed E-state index contributed by atoms with van der Waals surface area (Å²) in [6, 6.07) is -0.0857. The highest BCUT2D eigenvalue weighted by atomic mass is 32.2. The normalized spacial score (nSPS) is 20.4. The summed E-state index contributed by atoms with van der Waals surface area (Å²) < 4.78 is 22.2. The summed E-state index contributed by atoms with van der Waals surface area (Å²) in [5.74, 6) is 1.17. The lowest BCUT2D eigenvalue weighted by molar-refractivity contribution is -0.123. The highest BCUT2D eigenvalue weighted by Gasteiger charge is 2.22. The molecule has 0 saturated carbocycles. The van der Waals surface area contributed by atoms with Gasteiger partial charge in [-0.3, -0.25) is 4.79 Å². The smallest absolute Gasteiger partial charge is 0.220 e. The van der Waals surface area contributed by atoms with Crippen LogP contribution in [-0.4, -0.2) is 45.5 Å². The molecule has 0 radical (unpaired) electrons. The Balaban J connectivity index is 2.27. The Labute approximate surface area is 122 Å². The van der Waals surface area contributed by atoms with Gasteiger partial charge >= 0.3 is 0 Å². The zero-order chi connectivity index (χ0) is 15.2. The molecule has 2 atom stereocenters. The first-order valence-electron chi connectivity index (χ1n) is 7.45. The maximum Gasteiger partial charge on any atom is 0.220 e. The SMILES string of the molecule is CC(CCS(C)(=O)=O)NC(=O)CC(C)C1CCNCC1. The molecule has 1 saturated heterocycles. The topological polar surface area (TPSA) is 75.3 Å². The van der Waals surface area contributed by atoms with Gasteiger partial charge in [-0.25, -0.2) is 8.42 Å². The van der Waals surface area contributed by atoms with E-state index in [1.54, 1.807) is 0 Å². The molecule has 0 bridgehead atoms. The second-order valence-corrected chi connectivity index (χ2v) is 8.42. The van der Waals surface area contributed by atoms with Crippen molar-refractivity contribution < 1.29 is 13.2 Å². The third kappa shape index (κ3) is 7.24. The summed E-state index contributed by atoms with van der Waals surface area (Å²) in [5.41, 5.74) is 0. The molecule has 1 fully saturated rings. The van der Waals surface area contributed by atoms with E-state index in [-0.39, 0.29) is 17.7 Å².